The molecule has 244 valence electrons. The molecule has 11 nitrogen and oxygen atoms in total. The standard InChI is InChI=1S/C31H45F2N5O6/c1-3-21(2)29(40)35-27(22-7-5-4-6-8-22)30(41)36-9-11-37(12-10-36)31(42)28-34-25-19-23(32)24(33)20-26(25)38(28)13-15-43-17-18-44-16-14-39/h19-22,27,39H,3-18H2,1-2H3,(H,35,40)/t21-,27+/m1/s1. The Morgan fingerprint density at radius 3 is 2.27 bits per heavy atom. The van der Waals surface area contributed by atoms with Crippen LogP contribution < -0.4 is 5.32 Å². The van der Waals surface area contributed by atoms with Gasteiger partial charge in [-0.25, -0.2) is 13.8 Å². The lowest BCUT2D eigenvalue weighted by Gasteiger charge is -2.39. The summed E-state index contributed by atoms with van der Waals surface area (Å²) in [5.74, 6) is -2.80. The van der Waals surface area contributed by atoms with E-state index >= 15 is 0 Å². The lowest BCUT2D eigenvalue weighted by molar-refractivity contribution is -0.140. The number of nitrogens with one attached hydrogen (secondary N) is 1. The maximum absolute atomic E-state index is 14.2. The molecule has 2 fully saturated rings. The average Bonchev–Trinajstić information content (AvgIpc) is 3.39. The highest BCUT2D eigenvalue weighted by molar-refractivity contribution is 5.95. The summed E-state index contributed by atoms with van der Waals surface area (Å²) in [7, 11) is 0. The SMILES string of the molecule is CC[C@@H](C)C(=O)N[C@H](C(=O)N1CCN(C(=O)c2nc3cc(F)c(F)cc3n2CCOCCOCCO)CC1)C1CCCCC1. The van der Waals surface area contributed by atoms with Crippen LogP contribution in [0.1, 0.15) is 63.0 Å². The number of fused-ring (bicyclic) bond motifs is 1. The van der Waals surface area contributed by atoms with Crippen molar-refractivity contribution in [1.29, 1.82) is 0 Å². The van der Waals surface area contributed by atoms with Gasteiger partial charge in [0.25, 0.3) is 5.91 Å². The average molecular weight is 622 g/mol. The first-order valence-electron chi connectivity index (χ1n) is 15.7. The number of carbonyl (C=O) groups is 3. The number of carbonyl (C=O) groups excluding carboxylic acids is 3. The van der Waals surface area contributed by atoms with E-state index in [0.29, 0.717) is 19.5 Å². The number of hydrogen-bond donors (Lipinski definition) is 2. The number of aliphatic hydroxyl groups is 1. The van der Waals surface area contributed by atoms with Crippen LogP contribution in [0.15, 0.2) is 12.1 Å². The number of ether oxygens (including phenoxy) is 2. The lowest BCUT2D eigenvalue weighted by atomic mass is 9.83. The number of amides is 3. The number of imidazole rings is 1. The van der Waals surface area contributed by atoms with Crippen molar-refractivity contribution in [2.45, 2.75) is 65.0 Å². The van der Waals surface area contributed by atoms with E-state index in [9.17, 15) is 23.2 Å². The molecule has 2 aliphatic rings. The highest BCUT2D eigenvalue weighted by Crippen LogP contribution is 2.28. The fourth-order valence-corrected chi connectivity index (χ4v) is 5.85. The number of hydrogen-bond acceptors (Lipinski definition) is 7. The summed E-state index contributed by atoms with van der Waals surface area (Å²) < 4.78 is 40.5. The maximum atomic E-state index is 14.2. The van der Waals surface area contributed by atoms with Gasteiger partial charge in [-0.15, -0.1) is 0 Å². The monoisotopic (exact) mass is 621 g/mol. The highest BCUT2D eigenvalue weighted by atomic mass is 19.2. The van der Waals surface area contributed by atoms with Crippen LogP contribution in [-0.2, 0) is 25.6 Å². The van der Waals surface area contributed by atoms with Crippen molar-refractivity contribution < 1.29 is 37.7 Å². The van der Waals surface area contributed by atoms with Crippen LogP contribution in [0.25, 0.3) is 11.0 Å². The molecule has 13 heteroatoms. The molecule has 44 heavy (non-hydrogen) atoms. The molecule has 2 atom stereocenters. The van der Waals surface area contributed by atoms with E-state index in [1.54, 1.807) is 9.80 Å². The molecule has 2 N–H and O–H groups in total. The van der Waals surface area contributed by atoms with Crippen LogP contribution in [-0.4, -0.2) is 107 Å². The van der Waals surface area contributed by atoms with Gasteiger partial charge in [-0.1, -0.05) is 33.1 Å². The third kappa shape index (κ3) is 8.30. The van der Waals surface area contributed by atoms with Crippen molar-refractivity contribution in [3.63, 3.8) is 0 Å². The number of halogens is 2. The summed E-state index contributed by atoms with van der Waals surface area (Å²) in [5.41, 5.74) is 0.424. The van der Waals surface area contributed by atoms with Crippen molar-refractivity contribution >= 4 is 28.8 Å². The second-order valence-electron chi connectivity index (χ2n) is 11.6. The van der Waals surface area contributed by atoms with Gasteiger partial charge >= 0.3 is 0 Å². The maximum Gasteiger partial charge on any atom is 0.290 e. The Morgan fingerprint density at radius 2 is 1.61 bits per heavy atom. The molecule has 2 heterocycles. The highest BCUT2D eigenvalue weighted by Gasteiger charge is 2.36. The van der Waals surface area contributed by atoms with Crippen LogP contribution in [0, 0.1) is 23.5 Å². The smallest absolute Gasteiger partial charge is 0.290 e. The van der Waals surface area contributed by atoms with Gasteiger partial charge in [-0.3, -0.25) is 14.4 Å². The fraction of sp³-hybridized carbons (Fsp3) is 0.677. The van der Waals surface area contributed by atoms with Crippen LogP contribution in [0.5, 0.6) is 0 Å². The zero-order valence-corrected chi connectivity index (χ0v) is 25.7. The van der Waals surface area contributed by atoms with Crippen molar-refractivity contribution in [3.05, 3.63) is 29.6 Å². The number of benzene rings is 1. The zero-order chi connectivity index (χ0) is 31.6. The first kappa shape index (κ1) is 33.7. The van der Waals surface area contributed by atoms with Gasteiger partial charge < -0.3 is 34.3 Å². The van der Waals surface area contributed by atoms with Crippen molar-refractivity contribution in [1.82, 2.24) is 24.7 Å². The Balaban J connectivity index is 1.44. The molecule has 1 aromatic carbocycles. The van der Waals surface area contributed by atoms with Crippen LogP contribution in [0.3, 0.4) is 0 Å². The molecule has 0 unspecified atom stereocenters. The summed E-state index contributed by atoms with van der Waals surface area (Å²) in [5, 5.41) is 11.8. The van der Waals surface area contributed by atoms with Gasteiger partial charge in [0.05, 0.1) is 44.1 Å². The van der Waals surface area contributed by atoms with Crippen LogP contribution in [0.4, 0.5) is 8.78 Å². The van der Waals surface area contributed by atoms with Crippen molar-refractivity contribution in [2.24, 2.45) is 11.8 Å². The summed E-state index contributed by atoms with van der Waals surface area (Å²) in [6, 6.07) is 1.41. The Labute approximate surface area is 256 Å². The van der Waals surface area contributed by atoms with Gasteiger partial charge in [-0.2, -0.15) is 0 Å². The number of aliphatic hydroxyl groups excluding tert-OH is 1. The number of rotatable bonds is 14. The number of nitrogens with zero attached hydrogens (tertiary/aromatic N) is 4. The fourth-order valence-electron chi connectivity index (χ4n) is 5.85. The Hall–Kier alpha value is -3.16. The Morgan fingerprint density at radius 1 is 0.977 bits per heavy atom. The van der Waals surface area contributed by atoms with Gasteiger partial charge in [0.15, 0.2) is 17.5 Å². The predicted octanol–water partition coefficient (Wildman–Crippen LogP) is 2.74. The van der Waals surface area contributed by atoms with Crippen molar-refractivity contribution in [2.75, 3.05) is 59.2 Å². The first-order chi connectivity index (χ1) is 21.2. The quantitative estimate of drug-likeness (QED) is 0.311. The molecule has 0 spiro atoms. The molecule has 1 aromatic heterocycles. The molecule has 1 aliphatic carbocycles. The van der Waals surface area contributed by atoms with Crippen LogP contribution >= 0.6 is 0 Å². The molecule has 1 aliphatic heterocycles. The number of aromatic nitrogens is 2. The third-order valence-electron chi connectivity index (χ3n) is 8.67. The summed E-state index contributed by atoms with van der Waals surface area (Å²) in [6.45, 7) is 5.90. The second-order valence-corrected chi connectivity index (χ2v) is 11.6. The van der Waals surface area contributed by atoms with E-state index in [0.717, 1.165) is 44.2 Å². The lowest BCUT2D eigenvalue weighted by Crippen LogP contribution is -2.58. The second kappa shape index (κ2) is 16.2. The molecule has 1 saturated carbocycles. The van der Waals surface area contributed by atoms with Crippen LogP contribution in [0.2, 0.25) is 0 Å². The Kier molecular flexibility index (Phi) is 12.4. The molecule has 0 bridgehead atoms. The van der Waals surface area contributed by atoms with E-state index < -0.39 is 23.6 Å². The minimum Gasteiger partial charge on any atom is -0.394 e. The first-order valence-corrected chi connectivity index (χ1v) is 15.7. The topological polar surface area (TPSA) is 126 Å². The van der Waals surface area contributed by atoms with E-state index in [1.165, 1.54) is 4.57 Å². The normalized spacial score (nSPS) is 17.6. The minimum atomic E-state index is -1.06. The Bertz CT molecular complexity index is 1280. The molecule has 1 saturated heterocycles. The summed E-state index contributed by atoms with van der Waals surface area (Å²) in [6.07, 6.45) is 5.68. The number of piperazine rings is 1. The van der Waals surface area contributed by atoms with Crippen molar-refractivity contribution in [3.8, 4) is 0 Å². The van der Waals surface area contributed by atoms with E-state index in [1.807, 2.05) is 13.8 Å². The summed E-state index contributed by atoms with van der Waals surface area (Å²) >= 11 is 0. The van der Waals surface area contributed by atoms with E-state index in [2.05, 4.69) is 10.3 Å². The molecule has 4 rings (SSSR count). The third-order valence-corrected chi connectivity index (χ3v) is 8.67. The molecule has 2 aromatic rings. The van der Waals surface area contributed by atoms with Gasteiger partial charge in [0.2, 0.25) is 11.8 Å². The largest absolute Gasteiger partial charge is 0.394 e. The predicted molar refractivity (Wildman–Crippen MR) is 159 cm³/mol. The zero-order valence-electron chi connectivity index (χ0n) is 25.7. The van der Waals surface area contributed by atoms with Gasteiger partial charge in [-0.05, 0) is 25.2 Å². The van der Waals surface area contributed by atoms with E-state index in [-0.39, 0.29) is 93.2 Å². The van der Waals surface area contributed by atoms with Gasteiger partial charge in [0, 0.05) is 50.8 Å². The minimum absolute atomic E-state index is 0.0332. The molecule has 0 radical (unpaired) electrons. The molecular formula is C31H45F2N5O6. The van der Waals surface area contributed by atoms with Gasteiger partial charge in [0.1, 0.15) is 6.04 Å². The molecular weight excluding hydrogens is 576 g/mol. The van der Waals surface area contributed by atoms with E-state index in [4.69, 9.17) is 14.6 Å². The summed E-state index contributed by atoms with van der Waals surface area (Å²) in [4.78, 5) is 47.9. The molecule has 3 amide bonds.